The van der Waals surface area contributed by atoms with Gasteiger partial charge in [0, 0.05) is 5.39 Å². The average molecular weight is 656 g/mol. The molecular weight excluding hydrogens is 617 g/mol. The van der Waals surface area contributed by atoms with E-state index in [1.807, 2.05) is 51.1 Å². The largest absolute Gasteiger partial charge is 0.588 e. The first-order valence-corrected chi connectivity index (χ1v) is 15.7. The molecule has 3 heterocycles. The Bertz CT molecular complexity index is 1750. The maximum absolute atomic E-state index is 13.8. The molecule has 1 saturated heterocycles. The zero-order valence-corrected chi connectivity index (χ0v) is 27.3. The van der Waals surface area contributed by atoms with Gasteiger partial charge in [0.2, 0.25) is 11.8 Å². The predicted molar refractivity (Wildman–Crippen MR) is 168 cm³/mol. The molecular formula is C30H38N7O8P. The second-order valence-electron chi connectivity index (χ2n) is 12.4. The molecule has 16 heteroatoms. The van der Waals surface area contributed by atoms with E-state index in [9.17, 15) is 19.9 Å². The number of esters is 1. The maximum Gasteiger partial charge on any atom is 0.334 e. The highest BCUT2D eigenvalue weighted by Gasteiger charge is 2.54. The molecule has 0 saturated carbocycles. The Hall–Kier alpha value is -3.98. The van der Waals surface area contributed by atoms with Crippen LogP contribution in [-0.2, 0) is 19.1 Å². The van der Waals surface area contributed by atoms with Crippen molar-refractivity contribution in [2.75, 3.05) is 30.9 Å². The molecule has 2 unspecified atom stereocenters. The fraction of sp³-hybridized carbons (Fsp3) is 0.467. The van der Waals surface area contributed by atoms with Gasteiger partial charge in [-0.25, -0.2) is 14.6 Å². The summed E-state index contributed by atoms with van der Waals surface area (Å²) in [6.45, 7) is 8.48. The summed E-state index contributed by atoms with van der Waals surface area (Å²) in [6, 6.07) is 11.7. The third-order valence-electron chi connectivity index (χ3n) is 7.36. The first-order chi connectivity index (χ1) is 21.7. The van der Waals surface area contributed by atoms with Crippen LogP contribution in [0.25, 0.3) is 21.9 Å². The van der Waals surface area contributed by atoms with Gasteiger partial charge in [0.25, 0.3) is 0 Å². The smallest absolute Gasteiger partial charge is 0.334 e. The monoisotopic (exact) mass is 655 g/mol. The second-order valence-corrected chi connectivity index (χ2v) is 13.5. The van der Waals surface area contributed by atoms with Crippen molar-refractivity contribution in [3.63, 3.8) is 0 Å². The number of aliphatic hydroxyl groups excluding tert-OH is 1. The number of imidazole rings is 1. The molecule has 4 aromatic rings. The van der Waals surface area contributed by atoms with Gasteiger partial charge in [0.1, 0.15) is 30.1 Å². The number of nitrogen functional groups attached to an aromatic ring is 1. The van der Waals surface area contributed by atoms with Crippen LogP contribution in [-0.4, -0.2) is 79.9 Å². The van der Waals surface area contributed by atoms with Crippen LogP contribution in [0.5, 0.6) is 5.88 Å². The van der Waals surface area contributed by atoms with E-state index in [2.05, 4.69) is 19.7 Å². The Morgan fingerprint density at radius 1 is 1.26 bits per heavy atom. The minimum absolute atomic E-state index is 0.0843. The molecule has 4 N–H and O–H groups in total. The summed E-state index contributed by atoms with van der Waals surface area (Å²) in [5.74, 6) is -0.577. The van der Waals surface area contributed by atoms with Crippen LogP contribution >= 0.6 is 8.09 Å². The molecule has 246 valence electrons. The topological polar surface area (TPSA) is 203 Å². The number of carbonyl (C=O) groups is 1. The van der Waals surface area contributed by atoms with Gasteiger partial charge >= 0.3 is 14.1 Å². The summed E-state index contributed by atoms with van der Waals surface area (Å²) >= 11 is 0. The molecule has 1 aliphatic heterocycles. The lowest BCUT2D eigenvalue weighted by atomic mass is 9.96. The molecule has 0 aliphatic carbocycles. The predicted octanol–water partition coefficient (Wildman–Crippen LogP) is 2.85. The summed E-state index contributed by atoms with van der Waals surface area (Å²) in [6.07, 6.45) is -2.39. The Morgan fingerprint density at radius 2 is 1.98 bits per heavy atom. The Balaban J connectivity index is 1.43. The highest BCUT2D eigenvalue weighted by Crippen LogP contribution is 2.42. The molecule has 6 atom stereocenters. The molecule has 15 nitrogen and oxygen atoms in total. The molecule has 46 heavy (non-hydrogen) atoms. The lowest BCUT2D eigenvalue weighted by molar-refractivity contribution is -0.164. The molecule has 1 fully saturated rings. The summed E-state index contributed by atoms with van der Waals surface area (Å²) in [5.41, 5.74) is 4.65. The fourth-order valence-electron chi connectivity index (χ4n) is 4.98. The van der Waals surface area contributed by atoms with E-state index in [0.29, 0.717) is 11.1 Å². The first kappa shape index (κ1) is 33.4. The number of aromatic nitrogens is 4. The number of methoxy groups -OCH3 is 1. The molecule has 0 spiro atoms. The van der Waals surface area contributed by atoms with E-state index in [1.54, 1.807) is 12.1 Å². The van der Waals surface area contributed by atoms with Gasteiger partial charge in [-0.2, -0.15) is 9.97 Å². The van der Waals surface area contributed by atoms with Crippen LogP contribution in [0.3, 0.4) is 0 Å². The SMILES string of the molecule is COc1nc(N)nc2c1ncn2C1O[C@H](CON(c2cccc3ccccc23)[P+]([O-])=N[C@@H](C)C(=O)OCC(C)(C)C)[C@@H](O)[C@@]1(C)O. The van der Waals surface area contributed by atoms with Crippen LogP contribution < -0.4 is 20.2 Å². The number of hydrogen-bond acceptors (Lipinski definition) is 13. The second kappa shape index (κ2) is 13.0. The van der Waals surface area contributed by atoms with Gasteiger partial charge in [0.15, 0.2) is 23.4 Å². The number of fused-ring (bicyclic) bond motifs is 2. The number of rotatable bonds is 10. The molecule has 2 aromatic carbocycles. The zero-order valence-electron chi connectivity index (χ0n) is 26.4. The minimum Gasteiger partial charge on any atom is -0.588 e. The molecule has 0 amide bonds. The van der Waals surface area contributed by atoms with E-state index in [4.69, 9.17) is 24.8 Å². The van der Waals surface area contributed by atoms with Crippen molar-refractivity contribution in [2.45, 2.75) is 64.7 Å². The summed E-state index contributed by atoms with van der Waals surface area (Å²) in [7, 11) is -1.31. The molecule has 2 aromatic heterocycles. The highest BCUT2D eigenvalue weighted by molar-refractivity contribution is 7.41. The number of benzene rings is 2. The third kappa shape index (κ3) is 6.75. The van der Waals surface area contributed by atoms with E-state index in [0.717, 1.165) is 10.2 Å². The van der Waals surface area contributed by atoms with Gasteiger partial charge in [-0.05, 0) is 30.7 Å². The number of anilines is 2. The van der Waals surface area contributed by atoms with Crippen molar-refractivity contribution >= 4 is 47.6 Å². The van der Waals surface area contributed by atoms with Crippen molar-refractivity contribution in [1.82, 2.24) is 19.5 Å². The van der Waals surface area contributed by atoms with Crippen LogP contribution in [0.1, 0.15) is 40.8 Å². The van der Waals surface area contributed by atoms with Crippen LogP contribution in [0.4, 0.5) is 11.6 Å². The molecule has 0 bridgehead atoms. The fourth-order valence-corrected chi connectivity index (χ4v) is 5.99. The van der Waals surface area contributed by atoms with Gasteiger partial charge in [-0.3, -0.25) is 4.57 Å². The van der Waals surface area contributed by atoms with Gasteiger partial charge in [-0.15, -0.1) is 0 Å². The first-order valence-electron chi connectivity index (χ1n) is 14.6. The number of nitrogens with zero attached hydrogens (tertiary/aromatic N) is 6. The quantitative estimate of drug-likeness (QED) is 0.128. The normalized spacial score (nSPS) is 22.7. The third-order valence-corrected chi connectivity index (χ3v) is 8.54. The number of carbonyl (C=O) groups excluding carboxylic acids is 1. The Labute approximate surface area is 266 Å². The van der Waals surface area contributed by atoms with Crippen LogP contribution in [0.15, 0.2) is 53.5 Å². The van der Waals surface area contributed by atoms with Gasteiger partial charge in [0.05, 0.1) is 20.0 Å². The lowest BCUT2D eigenvalue weighted by Gasteiger charge is -2.27. The Morgan fingerprint density at radius 3 is 2.70 bits per heavy atom. The summed E-state index contributed by atoms with van der Waals surface area (Å²) in [4.78, 5) is 46.1. The van der Waals surface area contributed by atoms with Crippen molar-refractivity contribution in [1.29, 1.82) is 0 Å². The summed E-state index contributed by atoms with van der Waals surface area (Å²) < 4.78 is 22.4. The van der Waals surface area contributed by atoms with E-state index in [1.165, 1.54) is 31.9 Å². The highest BCUT2D eigenvalue weighted by atomic mass is 31.1. The van der Waals surface area contributed by atoms with Gasteiger partial charge < -0.3 is 35.1 Å². The van der Waals surface area contributed by atoms with Crippen molar-refractivity contribution in [3.8, 4) is 5.88 Å². The number of nitrogens with two attached hydrogens (primary N) is 1. The van der Waals surface area contributed by atoms with E-state index in [-0.39, 0.29) is 41.6 Å². The molecule has 5 rings (SSSR count). The number of ether oxygens (including phenoxy) is 3. The van der Waals surface area contributed by atoms with Gasteiger partial charge in [-0.1, -0.05) is 66.7 Å². The summed E-state index contributed by atoms with van der Waals surface area (Å²) in [5, 5.41) is 24.2. The van der Waals surface area contributed by atoms with Crippen molar-refractivity contribution in [2.24, 2.45) is 10.2 Å². The minimum atomic E-state index is -2.72. The Kier molecular flexibility index (Phi) is 9.45. The van der Waals surface area contributed by atoms with E-state index < -0.39 is 44.1 Å². The number of aliphatic hydroxyl groups is 2. The molecule has 1 aliphatic rings. The standard InChI is InChI=1S/C30H38N7O8P/c1-17(26(39)43-15-29(2,3)4)35-46(41)37(20-13-9-11-18-10-7-8-12-19(18)20)44-14-21-23(38)30(5,40)27(45-21)36-16-32-22-24(36)33-28(31)34-25(22)42-6/h7-13,16-17,21,23,27,38,40H,14-15H2,1-6H3,(H2,31,33,34)/t17-,21+,23+,27?,30+/m0/s1. The lowest BCUT2D eigenvalue weighted by Crippen LogP contribution is -2.44. The average Bonchev–Trinajstić information content (AvgIpc) is 3.52. The van der Waals surface area contributed by atoms with Crippen molar-refractivity contribution in [3.05, 3.63) is 48.8 Å². The van der Waals surface area contributed by atoms with Crippen LogP contribution in [0, 0.1) is 5.41 Å². The van der Waals surface area contributed by atoms with E-state index >= 15 is 0 Å². The maximum atomic E-state index is 13.8. The van der Waals surface area contributed by atoms with Crippen molar-refractivity contribution < 1.29 is 38.9 Å². The number of hydrogen-bond donors (Lipinski definition) is 3. The van der Waals surface area contributed by atoms with Crippen LogP contribution in [0.2, 0.25) is 0 Å². The molecule has 0 radical (unpaired) electrons. The zero-order chi connectivity index (χ0) is 33.4.